The van der Waals surface area contributed by atoms with Gasteiger partial charge in [-0.05, 0) is 30.5 Å². The number of nitrogens with zero attached hydrogens (tertiary/aromatic N) is 1. The van der Waals surface area contributed by atoms with Gasteiger partial charge < -0.3 is 14.4 Å². The van der Waals surface area contributed by atoms with Crippen LogP contribution in [0.5, 0.6) is 5.75 Å². The minimum atomic E-state index is -5.00. The highest BCUT2D eigenvalue weighted by atomic mass is 32.3. The number of amides is 1. The summed E-state index contributed by atoms with van der Waals surface area (Å²) in [5, 5.41) is 3.37. The number of carbonyl (C=O) groups is 1. The summed E-state index contributed by atoms with van der Waals surface area (Å²) in [4.78, 5) is 14.3. The molecule has 1 saturated heterocycles. The lowest BCUT2D eigenvalue weighted by Gasteiger charge is -2.31. The molecule has 1 aliphatic carbocycles. The normalized spacial score (nSPS) is 22.4. The van der Waals surface area contributed by atoms with Crippen LogP contribution in [0.25, 0.3) is 0 Å². The molecule has 1 unspecified atom stereocenters. The second-order valence-corrected chi connectivity index (χ2v) is 7.69. The Hall–Kier alpha value is -1.67. The van der Waals surface area contributed by atoms with E-state index in [4.69, 9.17) is 0 Å². The van der Waals surface area contributed by atoms with Crippen LogP contribution in [0.1, 0.15) is 44.1 Å². The number of rotatable bonds is 6. The van der Waals surface area contributed by atoms with E-state index in [1.807, 2.05) is 4.90 Å². The molecule has 138 valence electrons. The van der Waals surface area contributed by atoms with Crippen molar-refractivity contribution in [3.8, 4) is 5.75 Å². The Morgan fingerprint density at radius 3 is 2.48 bits per heavy atom. The summed E-state index contributed by atoms with van der Waals surface area (Å²) in [6, 6.07) is 6.67. The first kappa shape index (κ1) is 18.1. The molecule has 1 saturated carbocycles. The molecule has 6 nitrogen and oxygen atoms in total. The summed E-state index contributed by atoms with van der Waals surface area (Å²) in [6.07, 6.45) is 6.40. The Labute approximate surface area is 147 Å². The van der Waals surface area contributed by atoms with Crippen LogP contribution < -0.4 is 9.50 Å². The van der Waals surface area contributed by atoms with Gasteiger partial charge in [-0.3, -0.25) is 4.79 Å². The summed E-state index contributed by atoms with van der Waals surface area (Å²) in [6.45, 7) is 1.30. The monoisotopic (exact) mass is 370 g/mol. The largest absolute Gasteiger partial charge is 0.488 e. The standard InChI is InChI=1S/C17H23FN2O4S/c18-25(22,23)24-16-8-6-13(7-9-16)11-19-14-10-17(21)20(12-14)15-4-2-1-3-5-15/h6-9,14-15,19H,1-5,10-12H2. The maximum atomic E-state index is 12.5. The zero-order valence-corrected chi connectivity index (χ0v) is 14.8. The van der Waals surface area contributed by atoms with E-state index >= 15 is 0 Å². The van der Waals surface area contributed by atoms with Gasteiger partial charge in [0, 0.05) is 31.6 Å². The molecule has 2 fully saturated rings. The molecule has 2 aliphatic rings. The smallest absolute Gasteiger partial charge is 0.358 e. The van der Waals surface area contributed by atoms with Crippen molar-refractivity contribution in [1.82, 2.24) is 10.2 Å². The first-order valence-electron chi connectivity index (χ1n) is 8.66. The summed E-state index contributed by atoms with van der Waals surface area (Å²) in [5.41, 5.74) is 0.909. The van der Waals surface area contributed by atoms with Gasteiger partial charge in [-0.25, -0.2) is 0 Å². The maximum absolute atomic E-state index is 12.5. The second-order valence-electron chi connectivity index (χ2n) is 6.74. The molecule has 0 radical (unpaired) electrons. The molecule has 0 bridgehead atoms. The van der Waals surface area contributed by atoms with E-state index in [9.17, 15) is 17.1 Å². The third kappa shape index (κ3) is 5.15. The topological polar surface area (TPSA) is 75.7 Å². The fraction of sp³-hybridized carbons (Fsp3) is 0.588. The van der Waals surface area contributed by atoms with Gasteiger partial charge in [0.2, 0.25) is 5.91 Å². The average molecular weight is 370 g/mol. The maximum Gasteiger partial charge on any atom is 0.488 e. The number of hydrogen-bond donors (Lipinski definition) is 1. The van der Waals surface area contributed by atoms with E-state index in [0.717, 1.165) is 24.9 Å². The highest BCUT2D eigenvalue weighted by Crippen LogP contribution is 2.26. The van der Waals surface area contributed by atoms with Gasteiger partial charge in [0.1, 0.15) is 5.75 Å². The van der Waals surface area contributed by atoms with Gasteiger partial charge in [-0.1, -0.05) is 35.3 Å². The van der Waals surface area contributed by atoms with Gasteiger partial charge >= 0.3 is 10.5 Å². The third-order valence-corrected chi connectivity index (χ3v) is 5.28. The number of benzene rings is 1. The minimum absolute atomic E-state index is 0.0641. The third-order valence-electron chi connectivity index (χ3n) is 4.89. The number of carbonyl (C=O) groups excluding carboxylic acids is 1. The molecule has 8 heteroatoms. The summed E-state index contributed by atoms with van der Waals surface area (Å²) in [7, 11) is -5.00. The number of halogens is 1. The van der Waals surface area contributed by atoms with Crippen LogP contribution >= 0.6 is 0 Å². The fourth-order valence-electron chi connectivity index (χ4n) is 3.65. The van der Waals surface area contributed by atoms with Crippen molar-refractivity contribution >= 4 is 16.4 Å². The van der Waals surface area contributed by atoms with Crippen molar-refractivity contribution in [1.29, 1.82) is 0 Å². The Balaban J connectivity index is 1.49. The van der Waals surface area contributed by atoms with E-state index in [1.165, 1.54) is 31.4 Å². The Kier molecular flexibility index (Phi) is 5.58. The van der Waals surface area contributed by atoms with Gasteiger partial charge in [0.15, 0.2) is 0 Å². The van der Waals surface area contributed by atoms with Crippen LogP contribution in [0.3, 0.4) is 0 Å². The SMILES string of the molecule is O=C1CC(NCc2ccc(OS(=O)(=O)F)cc2)CN1C1CCCCC1. The molecule has 1 atom stereocenters. The Morgan fingerprint density at radius 2 is 1.84 bits per heavy atom. The zero-order valence-electron chi connectivity index (χ0n) is 14.0. The van der Waals surface area contributed by atoms with Crippen LogP contribution in [-0.4, -0.2) is 37.9 Å². The van der Waals surface area contributed by atoms with Gasteiger partial charge in [0.25, 0.3) is 0 Å². The lowest BCUT2D eigenvalue weighted by atomic mass is 9.94. The summed E-state index contributed by atoms with van der Waals surface area (Å²) < 4.78 is 37.5. The highest BCUT2D eigenvalue weighted by molar-refractivity contribution is 7.81. The van der Waals surface area contributed by atoms with E-state index in [-0.39, 0.29) is 17.7 Å². The fourth-order valence-corrected chi connectivity index (χ4v) is 3.99. The van der Waals surface area contributed by atoms with E-state index in [0.29, 0.717) is 19.0 Å². The molecule has 1 aromatic rings. The van der Waals surface area contributed by atoms with Crippen molar-refractivity contribution in [3.63, 3.8) is 0 Å². The average Bonchev–Trinajstić information content (AvgIpc) is 2.94. The first-order valence-corrected chi connectivity index (χ1v) is 9.97. The zero-order chi connectivity index (χ0) is 17.9. The Morgan fingerprint density at radius 1 is 1.16 bits per heavy atom. The lowest BCUT2D eigenvalue weighted by Crippen LogP contribution is -2.39. The van der Waals surface area contributed by atoms with Gasteiger partial charge in [-0.2, -0.15) is 8.42 Å². The second kappa shape index (κ2) is 7.70. The molecule has 25 heavy (non-hydrogen) atoms. The van der Waals surface area contributed by atoms with Crippen molar-refractivity contribution < 1.29 is 21.3 Å². The minimum Gasteiger partial charge on any atom is -0.358 e. The van der Waals surface area contributed by atoms with Crippen molar-refractivity contribution in [2.75, 3.05) is 6.54 Å². The molecule has 1 N–H and O–H groups in total. The molecular weight excluding hydrogens is 347 g/mol. The van der Waals surface area contributed by atoms with Crippen LogP contribution in [0.15, 0.2) is 24.3 Å². The number of likely N-dealkylation sites (tertiary alicyclic amines) is 1. The Bertz CT molecular complexity index is 702. The van der Waals surface area contributed by atoms with Gasteiger partial charge in [0.05, 0.1) is 0 Å². The van der Waals surface area contributed by atoms with Gasteiger partial charge in [-0.15, -0.1) is 0 Å². The van der Waals surface area contributed by atoms with Crippen LogP contribution in [-0.2, 0) is 21.8 Å². The molecule has 0 spiro atoms. The van der Waals surface area contributed by atoms with Crippen molar-refractivity contribution in [2.45, 2.75) is 57.2 Å². The van der Waals surface area contributed by atoms with Crippen molar-refractivity contribution in [2.24, 2.45) is 0 Å². The summed E-state index contributed by atoms with van der Waals surface area (Å²) in [5.74, 6) is 0.159. The van der Waals surface area contributed by atoms with Crippen LogP contribution in [0.4, 0.5) is 3.89 Å². The molecule has 1 aromatic carbocycles. The molecular formula is C17H23FN2O4S. The molecule has 1 aliphatic heterocycles. The highest BCUT2D eigenvalue weighted by Gasteiger charge is 2.34. The quantitative estimate of drug-likeness (QED) is 0.778. The predicted molar refractivity (Wildman–Crippen MR) is 90.9 cm³/mol. The first-order chi connectivity index (χ1) is 11.9. The molecule has 3 rings (SSSR count). The van der Waals surface area contributed by atoms with E-state index in [2.05, 4.69) is 9.50 Å². The molecule has 0 aromatic heterocycles. The molecule has 1 amide bonds. The number of nitrogens with one attached hydrogen (secondary N) is 1. The van der Waals surface area contributed by atoms with E-state index in [1.54, 1.807) is 12.1 Å². The van der Waals surface area contributed by atoms with Crippen LogP contribution in [0, 0.1) is 0 Å². The van der Waals surface area contributed by atoms with E-state index < -0.39 is 10.5 Å². The van der Waals surface area contributed by atoms with Crippen molar-refractivity contribution in [3.05, 3.63) is 29.8 Å². The number of hydrogen-bond acceptors (Lipinski definition) is 5. The van der Waals surface area contributed by atoms with Crippen LogP contribution in [0.2, 0.25) is 0 Å². The lowest BCUT2D eigenvalue weighted by molar-refractivity contribution is -0.130. The molecule has 1 heterocycles. The predicted octanol–water partition coefficient (Wildman–Crippen LogP) is 2.30. The summed E-state index contributed by atoms with van der Waals surface area (Å²) >= 11 is 0.